The summed E-state index contributed by atoms with van der Waals surface area (Å²) in [5.74, 6) is -0.752. The third kappa shape index (κ3) is 2.66. The van der Waals surface area contributed by atoms with Gasteiger partial charge in [0, 0.05) is 18.2 Å². The van der Waals surface area contributed by atoms with Crippen LogP contribution in [-0.2, 0) is 19.4 Å². The zero-order valence-corrected chi connectivity index (χ0v) is 10.5. The Morgan fingerprint density at radius 3 is 2.37 bits per heavy atom. The predicted molar refractivity (Wildman–Crippen MR) is 70.8 cm³/mol. The van der Waals surface area contributed by atoms with Crippen LogP contribution in [-0.4, -0.2) is 6.04 Å². The van der Waals surface area contributed by atoms with Crippen LogP contribution in [0.2, 0.25) is 0 Å². The third-order valence-corrected chi connectivity index (χ3v) is 3.64. The molecule has 19 heavy (non-hydrogen) atoms. The molecule has 0 fully saturated rings. The van der Waals surface area contributed by atoms with Crippen LogP contribution in [0.5, 0.6) is 0 Å². The van der Waals surface area contributed by atoms with Crippen LogP contribution in [0.1, 0.15) is 16.7 Å². The Morgan fingerprint density at radius 2 is 1.68 bits per heavy atom. The van der Waals surface area contributed by atoms with Crippen LogP contribution in [0.25, 0.3) is 0 Å². The van der Waals surface area contributed by atoms with Crippen molar-refractivity contribution in [1.82, 2.24) is 5.32 Å². The molecule has 3 heteroatoms. The molecule has 0 heterocycles. The van der Waals surface area contributed by atoms with Gasteiger partial charge in [-0.2, -0.15) is 0 Å². The zero-order chi connectivity index (χ0) is 13.2. The number of nitrogens with one attached hydrogen (secondary N) is 1. The normalized spacial score (nSPS) is 14.6. The van der Waals surface area contributed by atoms with E-state index in [-0.39, 0.29) is 5.82 Å². The summed E-state index contributed by atoms with van der Waals surface area (Å²) in [7, 11) is 0. The van der Waals surface area contributed by atoms with Gasteiger partial charge in [-0.25, -0.2) is 8.78 Å². The summed E-state index contributed by atoms with van der Waals surface area (Å²) >= 11 is 0. The van der Waals surface area contributed by atoms with Crippen LogP contribution in [0.3, 0.4) is 0 Å². The van der Waals surface area contributed by atoms with E-state index in [0.717, 1.165) is 18.9 Å². The Morgan fingerprint density at radius 1 is 1.00 bits per heavy atom. The number of hydrogen-bond acceptors (Lipinski definition) is 1. The first-order valence-corrected chi connectivity index (χ1v) is 6.46. The molecule has 1 N–H and O–H groups in total. The number of halogens is 2. The maximum Gasteiger partial charge on any atom is 0.127 e. The van der Waals surface area contributed by atoms with Gasteiger partial charge in [-0.1, -0.05) is 24.3 Å². The molecular formula is C16H15F2N. The second-order valence-electron chi connectivity index (χ2n) is 4.99. The molecule has 0 aliphatic heterocycles. The molecule has 2 aromatic rings. The lowest BCUT2D eigenvalue weighted by Crippen LogP contribution is -2.29. The van der Waals surface area contributed by atoms with Gasteiger partial charge >= 0.3 is 0 Å². The molecule has 1 nitrogen and oxygen atoms in total. The van der Waals surface area contributed by atoms with Gasteiger partial charge in [0.25, 0.3) is 0 Å². The summed E-state index contributed by atoms with van der Waals surface area (Å²) in [6.45, 7) is 0.363. The minimum absolute atomic E-state index is 0.306. The van der Waals surface area contributed by atoms with Crippen molar-refractivity contribution in [3.63, 3.8) is 0 Å². The van der Waals surface area contributed by atoms with Crippen molar-refractivity contribution in [2.75, 3.05) is 0 Å². The summed E-state index contributed by atoms with van der Waals surface area (Å²) in [6.07, 6.45) is 1.90. The first-order valence-electron chi connectivity index (χ1n) is 6.46. The molecule has 0 amide bonds. The number of benzene rings is 2. The Hall–Kier alpha value is -1.74. The average molecular weight is 259 g/mol. The van der Waals surface area contributed by atoms with Gasteiger partial charge in [0.1, 0.15) is 11.6 Å². The molecule has 0 atom stereocenters. The Labute approximate surface area is 111 Å². The highest BCUT2D eigenvalue weighted by Crippen LogP contribution is 2.22. The molecule has 0 saturated heterocycles. The minimum atomic E-state index is -0.395. The summed E-state index contributed by atoms with van der Waals surface area (Å²) in [5.41, 5.74) is 3.08. The van der Waals surface area contributed by atoms with Crippen LogP contribution < -0.4 is 5.32 Å². The zero-order valence-electron chi connectivity index (χ0n) is 10.5. The van der Waals surface area contributed by atoms with Crippen molar-refractivity contribution in [1.29, 1.82) is 0 Å². The predicted octanol–water partition coefficient (Wildman–Crippen LogP) is 3.22. The fraction of sp³-hybridized carbons (Fsp3) is 0.250. The molecule has 1 aliphatic rings. The Kier molecular flexibility index (Phi) is 3.30. The topological polar surface area (TPSA) is 12.0 Å². The Balaban J connectivity index is 1.64. The van der Waals surface area contributed by atoms with Crippen molar-refractivity contribution in [2.45, 2.75) is 25.4 Å². The summed E-state index contributed by atoms with van der Waals surface area (Å²) in [5, 5.41) is 3.31. The lowest BCUT2D eigenvalue weighted by atomic mass is 10.1. The second kappa shape index (κ2) is 5.10. The molecule has 0 saturated carbocycles. The minimum Gasteiger partial charge on any atom is -0.309 e. The molecule has 3 rings (SSSR count). The summed E-state index contributed by atoms with van der Waals surface area (Å²) < 4.78 is 26.6. The van der Waals surface area contributed by atoms with E-state index in [2.05, 4.69) is 17.4 Å². The number of hydrogen-bond donors (Lipinski definition) is 1. The van der Waals surface area contributed by atoms with Gasteiger partial charge < -0.3 is 5.32 Å². The van der Waals surface area contributed by atoms with Crippen molar-refractivity contribution in [2.24, 2.45) is 0 Å². The van der Waals surface area contributed by atoms with E-state index in [9.17, 15) is 8.78 Å². The standard InChI is InChI=1S/C16H15F2N/c17-14-5-6-16(18)13(7-14)10-19-15-8-11-3-1-2-4-12(11)9-15/h1-7,15,19H,8-10H2. The van der Waals surface area contributed by atoms with E-state index in [1.165, 1.54) is 23.3 Å². The first kappa shape index (κ1) is 12.3. The molecule has 0 unspecified atom stereocenters. The van der Waals surface area contributed by atoms with E-state index in [4.69, 9.17) is 0 Å². The third-order valence-electron chi connectivity index (χ3n) is 3.64. The molecule has 0 bridgehead atoms. The van der Waals surface area contributed by atoms with E-state index < -0.39 is 5.82 Å². The number of rotatable bonds is 3. The smallest absolute Gasteiger partial charge is 0.127 e. The highest BCUT2D eigenvalue weighted by atomic mass is 19.1. The van der Waals surface area contributed by atoms with Crippen molar-refractivity contribution < 1.29 is 8.78 Å². The maximum absolute atomic E-state index is 13.5. The summed E-state index contributed by atoms with van der Waals surface area (Å²) in [6, 6.07) is 12.2. The van der Waals surface area contributed by atoms with E-state index in [1.54, 1.807) is 0 Å². The molecule has 0 radical (unpaired) electrons. The van der Waals surface area contributed by atoms with Crippen LogP contribution in [0, 0.1) is 11.6 Å². The molecule has 2 aromatic carbocycles. The molecular weight excluding hydrogens is 244 g/mol. The van der Waals surface area contributed by atoms with Crippen molar-refractivity contribution in [3.05, 3.63) is 70.8 Å². The van der Waals surface area contributed by atoms with Gasteiger partial charge in [-0.15, -0.1) is 0 Å². The molecule has 1 aliphatic carbocycles. The van der Waals surface area contributed by atoms with Gasteiger partial charge in [0.05, 0.1) is 0 Å². The Bertz CT molecular complexity index is 570. The molecule has 98 valence electrons. The maximum atomic E-state index is 13.5. The SMILES string of the molecule is Fc1ccc(F)c(CNC2Cc3ccccc3C2)c1. The highest BCUT2D eigenvalue weighted by Gasteiger charge is 2.20. The van der Waals surface area contributed by atoms with Gasteiger partial charge in [0.15, 0.2) is 0 Å². The van der Waals surface area contributed by atoms with E-state index in [0.29, 0.717) is 18.2 Å². The van der Waals surface area contributed by atoms with Crippen molar-refractivity contribution >= 4 is 0 Å². The number of fused-ring (bicyclic) bond motifs is 1. The molecule has 0 aromatic heterocycles. The van der Waals surface area contributed by atoms with Crippen molar-refractivity contribution in [3.8, 4) is 0 Å². The van der Waals surface area contributed by atoms with Crippen LogP contribution in [0.15, 0.2) is 42.5 Å². The monoisotopic (exact) mass is 259 g/mol. The quantitative estimate of drug-likeness (QED) is 0.892. The van der Waals surface area contributed by atoms with E-state index >= 15 is 0 Å². The van der Waals surface area contributed by atoms with Crippen LogP contribution in [0.4, 0.5) is 8.78 Å². The van der Waals surface area contributed by atoms with E-state index in [1.807, 2.05) is 12.1 Å². The lowest BCUT2D eigenvalue weighted by molar-refractivity contribution is 0.511. The largest absolute Gasteiger partial charge is 0.309 e. The fourth-order valence-electron chi connectivity index (χ4n) is 2.64. The summed E-state index contributed by atoms with van der Waals surface area (Å²) in [4.78, 5) is 0. The van der Waals surface area contributed by atoms with Crippen LogP contribution >= 0.6 is 0 Å². The fourth-order valence-corrected chi connectivity index (χ4v) is 2.64. The van der Waals surface area contributed by atoms with Gasteiger partial charge in [-0.05, 0) is 42.2 Å². The first-order chi connectivity index (χ1) is 9.22. The van der Waals surface area contributed by atoms with Gasteiger partial charge in [0.2, 0.25) is 0 Å². The second-order valence-corrected chi connectivity index (χ2v) is 4.99. The van der Waals surface area contributed by atoms with Gasteiger partial charge in [-0.3, -0.25) is 0 Å². The highest BCUT2D eigenvalue weighted by molar-refractivity contribution is 5.33. The average Bonchev–Trinajstić information content (AvgIpc) is 2.82. The molecule has 0 spiro atoms. The lowest BCUT2D eigenvalue weighted by Gasteiger charge is -2.12.